The highest BCUT2D eigenvalue weighted by Gasteiger charge is 2.40. The summed E-state index contributed by atoms with van der Waals surface area (Å²) >= 11 is 0. The third-order valence-electron chi connectivity index (χ3n) is 4.54. The predicted octanol–water partition coefficient (Wildman–Crippen LogP) is 1.84. The molecule has 1 aliphatic heterocycles. The van der Waals surface area contributed by atoms with Crippen molar-refractivity contribution in [3.63, 3.8) is 0 Å². The Hall–Kier alpha value is -1.50. The number of nitrogens with zero attached hydrogens (tertiary/aromatic N) is 1. The number of benzene rings is 1. The lowest BCUT2D eigenvalue weighted by Crippen LogP contribution is -2.49. The molecule has 0 atom stereocenters. The lowest BCUT2D eigenvalue weighted by atomic mass is 9.79. The normalized spacial score (nSPS) is 16.0. The summed E-state index contributed by atoms with van der Waals surface area (Å²) in [4.78, 5) is 14.6. The number of nitrogens with two attached hydrogens (primary N) is 1. The van der Waals surface area contributed by atoms with Crippen molar-refractivity contribution in [3.05, 3.63) is 23.8 Å². The molecule has 1 aromatic rings. The Labute approximate surface area is 149 Å². The van der Waals surface area contributed by atoms with Gasteiger partial charge in [0.25, 0.3) is 0 Å². The molecule has 0 radical (unpaired) electrons. The van der Waals surface area contributed by atoms with E-state index < -0.39 is 5.41 Å². The first-order valence-electron chi connectivity index (χ1n) is 7.80. The molecule has 0 saturated carbocycles. The smallest absolute Gasteiger partial charge is 0.230 e. The van der Waals surface area contributed by atoms with E-state index in [1.807, 2.05) is 18.2 Å². The van der Waals surface area contributed by atoms with Crippen LogP contribution in [-0.2, 0) is 16.1 Å². The summed E-state index contributed by atoms with van der Waals surface area (Å²) in [5.74, 6) is 1.50. The number of methoxy groups -OCH3 is 2. The SMILES string of the molecule is COc1ccc(CN(C)C(=O)C2(CN)CCOCC2)c(OC)c1.Cl. The van der Waals surface area contributed by atoms with Gasteiger partial charge < -0.3 is 24.8 Å². The van der Waals surface area contributed by atoms with Gasteiger partial charge in [0.05, 0.1) is 19.6 Å². The van der Waals surface area contributed by atoms with Gasteiger partial charge in [0.1, 0.15) is 11.5 Å². The van der Waals surface area contributed by atoms with Crippen LogP contribution in [0.2, 0.25) is 0 Å². The summed E-state index contributed by atoms with van der Waals surface area (Å²) in [5, 5.41) is 0. The van der Waals surface area contributed by atoms with Crippen molar-refractivity contribution in [2.24, 2.45) is 11.1 Å². The Morgan fingerprint density at radius 3 is 2.50 bits per heavy atom. The summed E-state index contributed by atoms with van der Waals surface area (Å²) in [5.41, 5.74) is 6.35. The van der Waals surface area contributed by atoms with Gasteiger partial charge in [0.15, 0.2) is 0 Å². The van der Waals surface area contributed by atoms with E-state index in [-0.39, 0.29) is 18.3 Å². The minimum absolute atomic E-state index is 0. The van der Waals surface area contributed by atoms with Crippen LogP contribution in [0.4, 0.5) is 0 Å². The zero-order valence-electron chi connectivity index (χ0n) is 14.5. The summed E-state index contributed by atoms with van der Waals surface area (Å²) < 4.78 is 16.0. The van der Waals surface area contributed by atoms with Crippen molar-refractivity contribution in [2.45, 2.75) is 19.4 Å². The van der Waals surface area contributed by atoms with Gasteiger partial charge in [-0.1, -0.05) is 0 Å². The van der Waals surface area contributed by atoms with Crippen molar-refractivity contribution in [2.75, 3.05) is 41.0 Å². The average molecular weight is 359 g/mol. The van der Waals surface area contributed by atoms with E-state index in [0.29, 0.717) is 44.9 Å². The molecular weight excluding hydrogens is 332 g/mol. The Balaban J connectivity index is 0.00000288. The van der Waals surface area contributed by atoms with Crippen LogP contribution in [0.1, 0.15) is 18.4 Å². The lowest BCUT2D eigenvalue weighted by Gasteiger charge is -2.37. The minimum atomic E-state index is -0.507. The van der Waals surface area contributed by atoms with Gasteiger partial charge in [-0.3, -0.25) is 4.79 Å². The van der Waals surface area contributed by atoms with Crippen LogP contribution >= 0.6 is 12.4 Å². The highest BCUT2D eigenvalue weighted by atomic mass is 35.5. The molecular formula is C17H27ClN2O4. The van der Waals surface area contributed by atoms with Crippen molar-refractivity contribution < 1.29 is 19.0 Å². The van der Waals surface area contributed by atoms with E-state index in [1.165, 1.54) is 0 Å². The Morgan fingerprint density at radius 2 is 1.96 bits per heavy atom. The number of ether oxygens (including phenoxy) is 3. The minimum Gasteiger partial charge on any atom is -0.497 e. The maximum absolute atomic E-state index is 12.9. The maximum atomic E-state index is 12.9. The van der Waals surface area contributed by atoms with Gasteiger partial charge in [-0.05, 0) is 25.0 Å². The molecule has 1 fully saturated rings. The maximum Gasteiger partial charge on any atom is 0.230 e. The van der Waals surface area contributed by atoms with E-state index >= 15 is 0 Å². The van der Waals surface area contributed by atoms with Gasteiger partial charge in [-0.25, -0.2) is 0 Å². The monoisotopic (exact) mass is 358 g/mol. The zero-order chi connectivity index (χ0) is 16.9. The molecule has 2 N–H and O–H groups in total. The lowest BCUT2D eigenvalue weighted by molar-refractivity contribution is -0.146. The van der Waals surface area contributed by atoms with Crippen LogP contribution in [0.15, 0.2) is 18.2 Å². The van der Waals surface area contributed by atoms with Gasteiger partial charge >= 0.3 is 0 Å². The Morgan fingerprint density at radius 1 is 1.29 bits per heavy atom. The fourth-order valence-corrected chi connectivity index (χ4v) is 2.98. The standard InChI is InChI=1S/C17H26N2O4.ClH/c1-19(16(20)17(12-18)6-8-23-9-7-17)11-13-4-5-14(21-2)10-15(13)22-3;/h4-5,10H,6-9,11-12,18H2,1-3H3;1H. The second kappa shape index (κ2) is 9.11. The molecule has 0 bridgehead atoms. The predicted molar refractivity (Wildman–Crippen MR) is 94.8 cm³/mol. The van der Waals surface area contributed by atoms with Crippen LogP contribution in [0.5, 0.6) is 11.5 Å². The molecule has 0 spiro atoms. The number of amides is 1. The van der Waals surface area contributed by atoms with Crippen LogP contribution in [0.3, 0.4) is 0 Å². The van der Waals surface area contributed by atoms with E-state index in [2.05, 4.69) is 0 Å². The summed E-state index contributed by atoms with van der Waals surface area (Å²) in [6.45, 7) is 1.99. The fraction of sp³-hybridized carbons (Fsp3) is 0.588. The summed E-state index contributed by atoms with van der Waals surface area (Å²) in [6.07, 6.45) is 1.35. The van der Waals surface area contributed by atoms with Crippen molar-refractivity contribution in [1.82, 2.24) is 4.90 Å². The van der Waals surface area contributed by atoms with E-state index in [1.54, 1.807) is 26.2 Å². The fourth-order valence-electron chi connectivity index (χ4n) is 2.98. The van der Waals surface area contributed by atoms with Crippen molar-refractivity contribution in [1.29, 1.82) is 0 Å². The highest BCUT2D eigenvalue weighted by molar-refractivity contribution is 5.85. The quantitative estimate of drug-likeness (QED) is 0.839. The van der Waals surface area contributed by atoms with E-state index in [4.69, 9.17) is 19.9 Å². The third kappa shape index (κ3) is 4.32. The molecule has 136 valence electrons. The first-order valence-corrected chi connectivity index (χ1v) is 7.80. The van der Waals surface area contributed by atoms with Gasteiger partial charge in [0.2, 0.25) is 5.91 Å². The Bertz CT molecular complexity index is 547. The molecule has 24 heavy (non-hydrogen) atoms. The molecule has 0 unspecified atom stereocenters. The van der Waals surface area contributed by atoms with Crippen LogP contribution < -0.4 is 15.2 Å². The molecule has 1 aromatic carbocycles. The molecule has 1 saturated heterocycles. The second-order valence-corrected chi connectivity index (χ2v) is 5.94. The number of carbonyl (C=O) groups is 1. The van der Waals surface area contributed by atoms with Crippen LogP contribution in [0, 0.1) is 5.41 Å². The van der Waals surface area contributed by atoms with E-state index in [0.717, 1.165) is 11.3 Å². The van der Waals surface area contributed by atoms with Gasteiger partial charge in [0, 0.05) is 45.0 Å². The van der Waals surface area contributed by atoms with Gasteiger partial charge in [-0.15, -0.1) is 12.4 Å². The molecule has 2 rings (SSSR count). The number of carbonyl (C=O) groups excluding carboxylic acids is 1. The second-order valence-electron chi connectivity index (χ2n) is 5.94. The Kier molecular flexibility index (Phi) is 7.79. The highest BCUT2D eigenvalue weighted by Crippen LogP contribution is 2.33. The molecule has 0 aromatic heterocycles. The molecule has 1 aliphatic rings. The molecule has 7 heteroatoms. The van der Waals surface area contributed by atoms with Crippen LogP contribution in [-0.4, -0.2) is 51.8 Å². The molecule has 0 aliphatic carbocycles. The number of halogens is 1. The first kappa shape index (κ1) is 20.5. The van der Waals surface area contributed by atoms with Crippen molar-refractivity contribution >= 4 is 18.3 Å². The molecule has 1 heterocycles. The first-order chi connectivity index (χ1) is 11.1. The zero-order valence-corrected chi connectivity index (χ0v) is 15.4. The van der Waals surface area contributed by atoms with Crippen molar-refractivity contribution in [3.8, 4) is 11.5 Å². The van der Waals surface area contributed by atoms with Gasteiger partial charge in [-0.2, -0.15) is 0 Å². The third-order valence-corrected chi connectivity index (χ3v) is 4.54. The summed E-state index contributed by atoms with van der Waals surface area (Å²) in [6, 6.07) is 5.60. The largest absolute Gasteiger partial charge is 0.497 e. The van der Waals surface area contributed by atoms with E-state index in [9.17, 15) is 4.79 Å². The number of hydrogen-bond acceptors (Lipinski definition) is 5. The average Bonchev–Trinajstić information content (AvgIpc) is 2.61. The summed E-state index contributed by atoms with van der Waals surface area (Å²) in [7, 11) is 5.03. The van der Waals surface area contributed by atoms with Crippen LogP contribution in [0.25, 0.3) is 0 Å². The number of rotatable bonds is 6. The topological polar surface area (TPSA) is 74.0 Å². The molecule has 1 amide bonds. The molecule has 6 nitrogen and oxygen atoms in total. The number of hydrogen-bond donors (Lipinski definition) is 1.